The van der Waals surface area contributed by atoms with Gasteiger partial charge in [0.1, 0.15) is 12.4 Å². The van der Waals surface area contributed by atoms with Gasteiger partial charge in [-0.25, -0.2) is 4.98 Å². The summed E-state index contributed by atoms with van der Waals surface area (Å²) in [5.74, 6) is 0. The zero-order valence-corrected chi connectivity index (χ0v) is 15.7. The van der Waals surface area contributed by atoms with Gasteiger partial charge in [0, 0.05) is 55.2 Å². The van der Waals surface area contributed by atoms with Gasteiger partial charge in [0.2, 0.25) is 6.33 Å². The van der Waals surface area contributed by atoms with Crippen LogP contribution in [-0.2, 0) is 30.3 Å². The third-order valence-corrected chi connectivity index (χ3v) is 0.848. The molecular weight excluding hydrogens is 443 g/mol. The van der Waals surface area contributed by atoms with E-state index >= 15 is 0 Å². The molecule has 2 aromatic rings. The third kappa shape index (κ3) is 45.8. The Hall–Kier alpha value is 0.353. The summed E-state index contributed by atoms with van der Waals surface area (Å²) in [4.78, 5) is 12.0. The molecule has 0 amide bonds. The molecule has 0 fully saturated rings. The molecule has 0 unspecified atom stereocenters. The number of halogens is 4. The molecule has 0 aliphatic heterocycles. The molecule has 11 heteroatoms. The first-order valence-corrected chi connectivity index (χ1v) is 5.86. The van der Waals surface area contributed by atoms with E-state index in [0.29, 0.717) is 0 Å². The van der Waals surface area contributed by atoms with Gasteiger partial charge in [0.25, 0.3) is 0 Å². The summed E-state index contributed by atoms with van der Waals surface area (Å²) in [6, 6.07) is 0. The van der Waals surface area contributed by atoms with Crippen LogP contribution >= 0.6 is 0 Å². The summed E-state index contributed by atoms with van der Waals surface area (Å²) in [5, 5.41) is 0. The standard InChI is InChI=1S/2C3H4N2.C2H6OS.4ClH.Ru/c2*1-2-5-3-4-1;1-4(2)3;;;;;/h2*1-3H,(H,4,5);1-2H3;4*1H;/p-3. The van der Waals surface area contributed by atoms with Crippen LogP contribution in [0.2, 0.25) is 0 Å². The van der Waals surface area contributed by atoms with E-state index in [-0.39, 0.29) is 69.1 Å². The summed E-state index contributed by atoms with van der Waals surface area (Å²) in [5.41, 5.74) is 0. The normalized spacial score (nSPS) is 6.05. The maximum Gasteiger partial charge on any atom is 0.239 e. The molecule has 0 aromatic carbocycles. The number of hydrogen-bond donors (Lipinski definition) is 2. The van der Waals surface area contributed by atoms with Gasteiger partial charge in [0.05, 0.1) is 6.33 Å². The van der Waals surface area contributed by atoms with Crippen LogP contribution in [0.5, 0.6) is 0 Å². The third-order valence-electron chi connectivity index (χ3n) is 0.848. The van der Waals surface area contributed by atoms with E-state index in [9.17, 15) is 4.21 Å². The zero-order valence-electron chi connectivity index (χ0n) is 10.1. The second-order valence-electron chi connectivity index (χ2n) is 2.31. The van der Waals surface area contributed by atoms with Crippen molar-refractivity contribution in [2.45, 2.75) is 0 Å². The SMILES string of the molecule is CS(C)=O.[Cl-].[Cl-].[Cl-].[Cl-].[Ru].c1c[nH+]c[nH]1.c1c[nH]cn1. The van der Waals surface area contributed by atoms with E-state index in [1.165, 1.54) is 0 Å². The van der Waals surface area contributed by atoms with Gasteiger partial charge in [-0.2, -0.15) is 0 Å². The van der Waals surface area contributed by atoms with Crippen LogP contribution in [0.4, 0.5) is 0 Å². The molecule has 0 saturated heterocycles. The van der Waals surface area contributed by atoms with E-state index in [1.54, 1.807) is 37.6 Å². The Labute approximate surface area is 153 Å². The van der Waals surface area contributed by atoms with Crippen molar-refractivity contribution in [2.24, 2.45) is 0 Å². The van der Waals surface area contributed by atoms with Crippen molar-refractivity contribution in [1.82, 2.24) is 15.0 Å². The van der Waals surface area contributed by atoms with Crippen molar-refractivity contribution in [2.75, 3.05) is 12.5 Å². The van der Waals surface area contributed by atoms with Crippen molar-refractivity contribution in [3.8, 4) is 0 Å². The second kappa shape index (κ2) is 31.0. The van der Waals surface area contributed by atoms with Crippen molar-refractivity contribution in [1.29, 1.82) is 0 Å². The predicted molar refractivity (Wildman–Crippen MR) is 55.9 cm³/mol. The monoisotopic (exact) mass is 457 g/mol. The predicted octanol–water partition coefficient (Wildman–Crippen LogP) is -11.8. The van der Waals surface area contributed by atoms with Crippen molar-refractivity contribution >= 4 is 10.8 Å². The van der Waals surface area contributed by atoms with E-state index in [0.717, 1.165) is 0 Å². The number of H-pyrrole nitrogens is 3. The molecule has 0 atom stereocenters. The topological polar surface area (TPSA) is 75.7 Å². The Bertz CT molecular complexity index is 248. The molecule has 0 bridgehead atoms. The minimum Gasteiger partial charge on any atom is -1.00 e. The van der Waals surface area contributed by atoms with Crippen LogP contribution in [0, 0.1) is 0 Å². The van der Waals surface area contributed by atoms with Crippen LogP contribution in [0.25, 0.3) is 0 Å². The Morgan fingerprint density at radius 2 is 1.58 bits per heavy atom. The Morgan fingerprint density at radius 3 is 1.68 bits per heavy atom. The largest absolute Gasteiger partial charge is 1.00 e. The first kappa shape index (κ1) is 36.6. The quantitative estimate of drug-likeness (QED) is 0.385. The fraction of sp³-hybridized carbons (Fsp3) is 0.250. The van der Waals surface area contributed by atoms with Crippen LogP contribution in [0.3, 0.4) is 0 Å². The average Bonchev–Trinajstić information content (AvgIpc) is 2.83. The molecule has 0 saturated carbocycles. The number of aromatic amines is 3. The molecule has 118 valence electrons. The average molecular weight is 458 g/mol. The van der Waals surface area contributed by atoms with Crippen LogP contribution in [0.1, 0.15) is 0 Å². The molecule has 3 N–H and O–H groups in total. The van der Waals surface area contributed by atoms with Crippen LogP contribution < -0.4 is 54.6 Å². The van der Waals surface area contributed by atoms with Gasteiger partial charge in [-0.1, -0.05) is 0 Å². The number of hydrogen-bond acceptors (Lipinski definition) is 2. The van der Waals surface area contributed by atoms with Gasteiger partial charge in [0.15, 0.2) is 0 Å². The van der Waals surface area contributed by atoms with Gasteiger partial charge in [-0.15, -0.1) is 0 Å². The second-order valence-corrected chi connectivity index (χ2v) is 3.80. The first-order valence-electron chi connectivity index (χ1n) is 3.90. The maximum absolute atomic E-state index is 9.56. The molecule has 0 spiro atoms. The summed E-state index contributed by atoms with van der Waals surface area (Å²) < 4.78 is 9.56. The molecule has 0 aliphatic carbocycles. The fourth-order valence-corrected chi connectivity index (χ4v) is 0.456. The van der Waals surface area contributed by atoms with E-state index < -0.39 is 10.8 Å². The van der Waals surface area contributed by atoms with E-state index in [4.69, 9.17) is 0 Å². The fourth-order valence-electron chi connectivity index (χ4n) is 0.456. The molecule has 19 heavy (non-hydrogen) atoms. The Morgan fingerprint density at radius 1 is 1.05 bits per heavy atom. The maximum atomic E-state index is 9.56. The van der Waals surface area contributed by atoms with Gasteiger partial charge < -0.3 is 54.6 Å². The van der Waals surface area contributed by atoms with Crippen LogP contribution in [-0.4, -0.2) is 31.7 Å². The number of aromatic nitrogens is 4. The number of imidazole rings is 2. The summed E-state index contributed by atoms with van der Waals surface area (Å²) in [7, 11) is -0.611. The van der Waals surface area contributed by atoms with Gasteiger partial charge in [-0.05, 0) is 0 Å². The van der Waals surface area contributed by atoms with Gasteiger partial charge >= 0.3 is 0 Å². The zero-order chi connectivity index (χ0) is 10.6. The number of nitrogens with zero attached hydrogens (tertiary/aromatic N) is 1. The molecule has 2 heterocycles. The molecule has 5 nitrogen and oxygen atoms in total. The molecular formula is C8H15Cl4N4ORuS-3. The minimum atomic E-state index is -0.611. The molecule has 0 radical (unpaired) electrons. The molecule has 2 aromatic heterocycles. The number of rotatable bonds is 0. The van der Waals surface area contributed by atoms with Crippen LogP contribution in [0.15, 0.2) is 37.4 Å². The van der Waals surface area contributed by atoms with Crippen molar-refractivity contribution in [3.05, 3.63) is 37.4 Å². The summed E-state index contributed by atoms with van der Waals surface area (Å²) in [6.07, 6.45) is 13.8. The smallest absolute Gasteiger partial charge is 0.239 e. The Balaban J connectivity index is -0.0000000297. The summed E-state index contributed by atoms with van der Waals surface area (Å²) >= 11 is 0. The summed E-state index contributed by atoms with van der Waals surface area (Å²) in [6.45, 7) is 0. The van der Waals surface area contributed by atoms with Crippen molar-refractivity contribution in [3.63, 3.8) is 0 Å². The first-order chi connectivity index (χ1) is 6.73. The van der Waals surface area contributed by atoms with E-state index in [2.05, 4.69) is 19.9 Å². The minimum absolute atomic E-state index is 0. The molecule has 0 aliphatic rings. The number of nitrogens with one attached hydrogen (secondary N) is 3. The van der Waals surface area contributed by atoms with E-state index in [1.807, 2.05) is 12.4 Å². The Kier molecular flexibility index (Phi) is 59.6. The van der Waals surface area contributed by atoms with Crippen molar-refractivity contribution < 1.29 is 78.3 Å². The molecule has 2 rings (SSSR count). The van der Waals surface area contributed by atoms with Gasteiger partial charge in [-0.3, -0.25) is 14.2 Å².